The van der Waals surface area contributed by atoms with E-state index < -0.39 is 5.60 Å². The molecule has 7 nitrogen and oxygen atoms in total. The summed E-state index contributed by atoms with van der Waals surface area (Å²) in [7, 11) is 0. The van der Waals surface area contributed by atoms with Crippen molar-refractivity contribution in [3.8, 4) is 17.2 Å². The number of piperidine rings is 1. The number of nitrogens with one attached hydrogen (secondary N) is 1. The van der Waals surface area contributed by atoms with Crippen molar-refractivity contribution in [1.29, 1.82) is 0 Å². The lowest BCUT2D eigenvalue weighted by Crippen LogP contribution is -2.53. The number of likely N-dealkylation sites (tertiary alicyclic amines) is 1. The predicted octanol–water partition coefficient (Wildman–Crippen LogP) is 3.21. The molecular weight excluding hydrogens is 432 g/mol. The lowest BCUT2D eigenvalue weighted by Gasteiger charge is -2.38. The maximum absolute atomic E-state index is 12.5. The first kappa shape index (κ1) is 22.7. The molecule has 0 spiro atoms. The Labute approximate surface area is 193 Å². The molecule has 0 bridgehead atoms. The number of carbonyl (C=O) groups is 1. The molecule has 4 rings (SSSR count). The molecule has 2 aromatic carbocycles. The number of halogens is 1. The highest BCUT2D eigenvalue weighted by molar-refractivity contribution is 6.32. The molecule has 0 unspecified atom stereocenters. The van der Waals surface area contributed by atoms with Crippen LogP contribution in [0, 0.1) is 13.8 Å². The Hall–Kier alpha value is -2.48. The van der Waals surface area contributed by atoms with Crippen LogP contribution in [-0.4, -0.2) is 54.5 Å². The number of rotatable bonds is 7. The molecule has 32 heavy (non-hydrogen) atoms. The number of aliphatic hydroxyl groups is 1. The molecule has 172 valence electrons. The van der Waals surface area contributed by atoms with E-state index in [2.05, 4.69) is 5.32 Å². The van der Waals surface area contributed by atoms with E-state index in [-0.39, 0.29) is 25.9 Å². The van der Waals surface area contributed by atoms with Crippen molar-refractivity contribution in [2.75, 3.05) is 33.0 Å². The van der Waals surface area contributed by atoms with Gasteiger partial charge >= 0.3 is 0 Å². The van der Waals surface area contributed by atoms with Gasteiger partial charge in [-0.3, -0.25) is 9.69 Å². The Balaban J connectivity index is 1.27. The van der Waals surface area contributed by atoms with Gasteiger partial charge in [0.15, 0.2) is 11.5 Å². The molecule has 1 atom stereocenters. The number of ether oxygens (including phenoxy) is 3. The first-order valence-electron chi connectivity index (χ1n) is 10.8. The molecule has 0 aliphatic carbocycles. The van der Waals surface area contributed by atoms with Gasteiger partial charge in [-0.2, -0.15) is 0 Å². The van der Waals surface area contributed by atoms with E-state index in [1.807, 2.05) is 49.1 Å². The second-order valence-corrected chi connectivity index (χ2v) is 9.04. The summed E-state index contributed by atoms with van der Waals surface area (Å²) in [5, 5.41) is 14.7. The quantitative estimate of drug-likeness (QED) is 0.660. The summed E-state index contributed by atoms with van der Waals surface area (Å²) in [5.74, 6) is 2.02. The summed E-state index contributed by atoms with van der Waals surface area (Å²) in [5.41, 5.74) is 1.83. The molecule has 0 saturated carbocycles. The van der Waals surface area contributed by atoms with Crippen LogP contribution in [0.5, 0.6) is 17.2 Å². The van der Waals surface area contributed by atoms with Crippen LogP contribution < -0.4 is 19.5 Å². The third-order valence-corrected chi connectivity index (χ3v) is 6.44. The van der Waals surface area contributed by atoms with Crippen molar-refractivity contribution in [3.05, 3.63) is 52.0 Å². The maximum Gasteiger partial charge on any atom is 0.234 e. The molecule has 2 aliphatic heterocycles. The highest BCUT2D eigenvalue weighted by Crippen LogP contribution is 2.32. The maximum atomic E-state index is 12.5. The van der Waals surface area contributed by atoms with Crippen LogP contribution in [-0.2, 0) is 11.3 Å². The van der Waals surface area contributed by atoms with Crippen molar-refractivity contribution >= 4 is 17.5 Å². The van der Waals surface area contributed by atoms with Gasteiger partial charge in [0.1, 0.15) is 18.0 Å². The van der Waals surface area contributed by atoms with Crippen molar-refractivity contribution in [3.63, 3.8) is 0 Å². The van der Waals surface area contributed by atoms with Gasteiger partial charge in [0.05, 0.1) is 6.54 Å². The fourth-order valence-corrected chi connectivity index (χ4v) is 4.29. The third kappa shape index (κ3) is 5.46. The van der Waals surface area contributed by atoms with Gasteiger partial charge < -0.3 is 24.6 Å². The minimum atomic E-state index is -1.00. The number of carbonyl (C=O) groups excluding carboxylic acids is 1. The first-order valence-corrected chi connectivity index (χ1v) is 11.2. The Morgan fingerprint density at radius 1 is 1.22 bits per heavy atom. The Morgan fingerprint density at radius 2 is 1.97 bits per heavy atom. The largest absolute Gasteiger partial charge is 0.491 e. The van der Waals surface area contributed by atoms with E-state index in [1.165, 1.54) is 0 Å². The topological polar surface area (TPSA) is 80.3 Å². The van der Waals surface area contributed by atoms with Gasteiger partial charge in [-0.15, -0.1) is 0 Å². The number of nitrogens with zero attached hydrogens (tertiary/aromatic N) is 1. The van der Waals surface area contributed by atoms with E-state index >= 15 is 0 Å². The number of benzene rings is 2. The molecule has 1 saturated heterocycles. The van der Waals surface area contributed by atoms with E-state index in [1.54, 1.807) is 0 Å². The van der Waals surface area contributed by atoms with Gasteiger partial charge in [-0.05, 0) is 74.2 Å². The molecule has 1 amide bonds. The average molecular weight is 461 g/mol. The lowest BCUT2D eigenvalue weighted by molar-refractivity contribution is -0.124. The molecule has 0 aromatic heterocycles. The molecule has 2 aliphatic rings. The van der Waals surface area contributed by atoms with Gasteiger partial charge in [-0.25, -0.2) is 0 Å². The van der Waals surface area contributed by atoms with Gasteiger partial charge in [0.25, 0.3) is 0 Å². The fourth-order valence-electron chi connectivity index (χ4n) is 4.18. The van der Waals surface area contributed by atoms with Crippen LogP contribution >= 0.6 is 11.6 Å². The zero-order chi connectivity index (χ0) is 22.7. The number of fused-ring (bicyclic) bond motifs is 1. The highest BCUT2D eigenvalue weighted by Gasteiger charge is 2.34. The minimum absolute atomic E-state index is 0.0863. The molecule has 2 N–H and O–H groups in total. The lowest BCUT2D eigenvalue weighted by atomic mass is 9.93. The number of hydrogen-bond donors (Lipinski definition) is 2. The molecule has 2 heterocycles. The fraction of sp³-hybridized carbons (Fsp3) is 0.458. The Morgan fingerprint density at radius 3 is 2.75 bits per heavy atom. The van der Waals surface area contributed by atoms with Crippen LogP contribution in [0.4, 0.5) is 0 Å². The minimum Gasteiger partial charge on any atom is -0.491 e. The van der Waals surface area contributed by atoms with Crippen molar-refractivity contribution in [2.45, 2.75) is 38.8 Å². The van der Waals surface area contributed by atoms with Crippen LogP contribution in [0.3, 0.4) is 0 Å². The van der Waals surface area contributed by atoms with E-state index in [4.69, 9.17) is 25.8 Å². The summed E-state index contributed by atoms with van der Waals surface area (Å²) in [6.45, 7) is 6.04. The molecule has 0 radical (unpaired) electrons. The van der Waals surface area contributed by atoms with Gasteiger partial charge in [-0.1, -0.05) is 17.7 Å². The number of hydrogen-bond acceptors (Lipinski definition) is 6. The molecule has 8 heteroatoms. The van der Waals surface area contributed by atoms with E-state index in [9.17, 15) is 9.90 Å². The third-order valence-electron chi connectivity index (χ3n) is 5.85. The normalized spacial score (nSPS) is 20.2. The van der Waals surface area contributed by atoms with Crippen molar-refractivity contribution in [2.24, 2.45) is 0 Å². The van der Waals surface area contributed by atoms with Crippen LogP contribution in [0.15, 0.2) is 30.3 Å². The Kier molecular flexibility index (Phi) is 6.79. The summed E-state index contributed by atoms with van der Waals surface area (Å²) in [6, 6.07) is 9.38. The molecule has 2 aromatic rings. The van der Waals surface area contributed by atoms with Gasteiger partial charge in [0.2, 0.25) is 12.7 Å². The van der Waals surface area contributed by atoms with Gasteiger partial charge in [0, 0.05) is 18.1 Å². The number of amides is 1. The van der Waals surface area contributed by atoms with Crippen molar-refractivity contribution < 1.29 is 24.1 Å². The summed E-state index contributed by atoms with van der Waals surface area (Å²) in [4.78, 5) is 14.5. The zero-order valence-corrected chi connectivity index (χ0v) is 19.2. The Bertz CT molecular complexity index is 975. The molecular formula is C24H29ClN2O5. The SMILES string of the molecule is Cc1cc(OC[C@]2(O)CCCN(CC(=O)NCc3ccc4c(c3)OCO4)C2)cc(C)c1Cl. The van der Waals surface area contributed by atoms with E-state index in [0.717, 1.165) is 40.4 Å². The summed E-state index contributed by atoms with van der Waals surface area (Å²) < 4.78 is 16.6. The average Bonchev–Trinajstić information content (AvgIpc) is 3.22. The monoisotopic (exact) mass is 460 g/mol. The predicted molar refractivity (Wildman–Crippen MR) is 121 cm³/mol. The smallest absolute Gasteiger partial charge is 0.234 e. The standard InChI is InChI=1S/C24H29ClN2O5/c1-16-8-19(9-17(2)23(16)25)30-14-24(29)6-3-7-27(13-24)12-22(28)26-11-18-4-5-20-21(10-18)32-15-31-20/h4-5,8-10,29H,3,6-7,11-15H2,1-2H3,(H,26,28)/t24-/m0/s1. The molecule has 1 fully saturated rings. The summed E-state index contributed by atoms with van der Waals surface area (Å²) >= 11 is 6.22. The van der Waals surface area contributed by atoms with E-state index in [0.29, 0.717) is 31.0 Å². The van der Waals surface area contributed by atoms with Crippen LogP contribution in [0.2, 0.25) is 5.02 Å². The van der Waals surface area contributed by atoms with Crippen molar-refractivity contribution in [1.82, 2.24) is 10.2 Å². The summed E-state index contributed by atoms with van der Waals surface area (Å²) in [6.07, 6.45) is 1.43. The second-order valence-electron chi connectivity index (χ2n) is 8.66. The second kappa shape index (κ2) is 9.57. The number of β-amino-alcohol motifs (C(OH)–C–C–N with tert-alkyl or cyclic N) is 1. The number of aryl methyl sites for hydroxylation is 2. The first-order chi connectivity index (χ1) is 15.3. The van der Waals surface area contributed by atoms with Crippen LogP contribution in [0.1, 0.15) is 29.5 Å². The van der Waals surface area contributed by atoms with Crippen LogP contribution in [0.25, 0.3) is 0 Å². The highest BCUT2D eigenvalue weighted by atomic mass is 35.5. The zero-order valence-electron chi connectivity index (χ0n) is 18.4.